The van der Waals surface area contributed by atoms with Gasteiger partial charge in [0.2, 0.25) is 0 Å². The van der Waals surface area contributed by atoms with Crippen LogP contribution in [0.3, 0.4) is 0 Å². The molecule has 1 aromatic rings. The molecule has 0 bridgehead atoms. The Morgan fingerprint density at radius 3 is 2.90 bits per heavy atom. The highest BCUT2D eigenvalue weighted by Gasteiger charge is 1.98. The molecule has 3 nitrogen and oxygen atoms in total. The van der Waals surface area contributed by atoms with E-state index in [1.165, 1.54) is 6.20 Å². The number of nitrogen functional groups attached to an aromatic ring is 1. The smallest absolute Gasteiger partial charge is 0.130 e. The molecule has 0 aliphatic carbocycles. The standard InChI is InChI=1S/C5H5BrClN3/c6-5-4(10-8)1-3(7)2-9-5/h1-2,10H,8H2. The van der Waals surface area contributed by atoms with Crippen LogP contribution in [-0.4, -0.2) is 4.98 Å². The Kier molecular flexibility index (Phi) is 2.48. The van der Waals surface area contributed by atoms with Crippen molar-refractivity contribution in [2.24, 2.45) is 5.84 Å². The second kappa shape index (κ2) is 3.18. The van der Waals surface area contributed by atoms with Crippen molar-refractivity contribution < 1.29 is 0 Å². The fourth-order valence-corrected chi connectivity index (χ4v) is 1.01. The Hall–Kier alpha value is -0.320. The van der Waals surface area contributed by atoms with Crippen LogP contribution >= 0.6 is 27.5 Å². The van der Waals surface area contributed by atoms with E-state index < -0.39 is 0 Å². The molecule has 10 heavy (non-hydrogen) atoms. The van der Waals surface area contributed by atoms with Crippen LogP contribution in [0.4, 0.5) is 5.69 Å². The van der Waals surface area contributed by atoms with Gasteiger partial charge in [-0.25, -0.2) is 4.98 Å². The van der Waals surface area contributed by atoms with E-state index in [0.29, 0.717) is 15.3 Å². The maximum atomic E-state index is 5.62. The highest BCUT2D eigenvalue weighted by atomic mass is 79.9. The number of aromatic nitrogens is 1. The van der Waals surface area contributed by atoms with Crippen LogP contribution in [0.1, 0.15) is 0 Å². The number of nitrogens with zero attached hydrogens (tertiary/aromatic N) is 1. The molecule has 0 saturated heterocycles. The number of anilines is 1. The first kappa shape index (κ1) is 7.78. The molecule has 0 amide bonds. The summed E-state index contributed by atoms with van der Waals surface area (Å²) in [6.45, 7) is 0. The minimum atomic E-state index is 0.552. The van der Waals surface area contributed by atoms with Crippen LogP contribution in [-0.2, 0) is 0 Å². The molecule has 1 aromatic heterocycles. The van der Waals surface area contributed by atoms with Crippen LogP contribution in [0.2, 0.25) is 5.02 Å². The number of pyridine rings is 1. The van der Waals surface area contributed by atoms with Crippen LogP contribution < -0.4 is 11.3 Å². The normalized spacial score (nSPS) is 9.50. The zero-order chi connectivity index (χ0) is 7.56. The summed E-state index contributed by atoms with van der Waals surface area (Å²) in [7, 11) is 0. The Morgan fingerprint density at radius 1 is 1.70 bits per heavy atom. The van der Waals surface area contributed by atoms with E-state index in [-0.39, 0.29) is 0 Å². The Bertz CT molecular complexity index is 240. The van der Waals surface area contributed by atoms with Crippen molar-refractivity contribution in [2.45, 2.75) is 0 Å². The topological polar surface area (TPSA) is 50.9 Å². The van der Waals surface area contributed by atoms with Gasteiger partial charge in [-0.05, 0) is 22.0 Å². The largest absolute Gasteiger partial charge is 0.322 e. The highest BCUT2D eigenvalue weighted by molar-refractivity contribution is 9.10. The first-order valence-corrected chi connectivity index (χ1v) is 3.69. The van der Waals surface area contributed by atoms with Crippen molar-refractivity contribution in [1.29, 1.82) is 0 Å². The van der Waals surface area contributed by atoms with E-state index in [0.717, 1.165) is 0 Å². The van der Waals surface area contributed by atoms with Gasteiger partial charge in [0, 0.05) is 6.20 Å². The monoisotopic (exact) mass is 221 g/mol. The first-order valence-electron chi connectivity index (χ1n) is 2.51. The zero-order valence-electron chi connectivity index (χ0n) is 4.94. The molecule has 0 atom stereocenters. The van der Waals surface area contributed by atoms with Gasteiger partial charge in [0.15, 0.2) is 0 Å². The quantitative estimate of drug-likeness (QED) is 0.433. The summed E-state index contributed by atoms with van der Waals surface area (Å²) in [6.07, 6.45) is 1.53. The molecule has 0 aliphatic heterocycles. The molecule has 5 heteroatoms. The zero-order valence-corrected chi connectivity index (χ0v) is 7.28. The Morgan fingerprint density at radius 2 is 2.40 bits per heavy atom. The van der Waals surface area contributed by atoms with Gasteiger partial charge in [0.05, 0.1) is 10.7 Å². The van der Waals surface area contributed by atoms with Gasteiger partial charge in [0.25, 0.3) is 0 Å². The highest BCUT2D eigenvalue weighted by Crippen LogP contribution is 2.21. The van der Waals surface area contributed by atoms with Gasteiger partial charge < -0.3 is 5.43 Å². The third kappa shape index (κ3) is 1.59. The van der Waals surface area contributed by atoms with Crippen LogP contribution in [0.5, 0.6) is 0 Å². The molecule has 1 rings (SSSR count). The van der Waals surface area contributed by atoms with Crippen molar-refractivity contribution in [1.82, 2.24) is 4.98 Å². The maximum absolute atomic E-state index is 5.62. The number of halogens is 2. The van der Waals surface area contributed by atoms with E-state index >= 15 is 0 Å². The molecule has 0 fully saturated rings. The Balaban J connectivity index is 3.09. The summed E-state index contributed by atoms with van der Waals surface area (Å²) in [6, 6.07) is 1.68. The van der Waals surface area contributed by atoms with Crippen molar-refractivity contribution in [2.75, 3.05) is 5.43 Å². The van der Waals surface area contributed by atoms with Gasteiger partial charge in [-0.3, -0.25) is 5.84 Å². The van der Waals surface area contributed by atoms with E-state index in [4.69, 9.17) is 17.4 Å². The third-order valence-electron chi connectivity index (χ3n) is 0.961. The molecule has 0 aromatic carbocycles. The fraction of sp³-hybridized carbons (Fsp3) is 0. The van der Waals surface area contributed by atoms with Gasteiger partial charge in [-0.1, -0.05) is 11.6 Å². The summed E-state index contributed by atoms with van der Waals surface area (Å²) in [4.78, 5) is 3.89. The average molecular weight is 222 g/mol. The summed E-state index contributed by atoms with van der Waals surface area (Å²) in [5, 5.41) is 0.552. The Labute approximate surface area is 71.7 Å². The maximum Gasteiger partial charge on any atom is 0.130 e. The van der Waals surface area contributed by atoms with Gasteiger partial charge in [-0.2, -0.15) is 0 Å². The number of nitrogens with two attached hydrogens (primary N) is 1. The summed E-state index contributed by atoms with van der Waals surface area (Å²) >= 11 is 8.80. The minimum Gasteiger partial charge on any atom is -0.322 e. The minimum absolute atomic E-state index is 0.552. The fourth-order valence-electron chi connectivity index (χ4n) is 0.524. The van der Waals surface area contributed by atoms with E-state index in [2.05, 4.69) is 26.3 Å². The van der Waals surface area contributed by atoms with Gasteiger partial charge >= 0.3 is 0 Å². The molecule has 1 heterocycles. The molecular formula is C5H5BrClN3. The molecule has 0 unspecified atom stereocenters. The first-order chi connectivity index (χ1) is 4.74. The summed E-state index contributed by atoms with van der Waals surface area (Å²) < 4.78 is 0.652. The lowest BCUT2D eigenvalue weighted by Crippen LogP contribution is -2.07. The van der Waals surface area contributed by atoms with E-state index in [1.54, 1.807) is 6.07 Å². The van der Waals surface area contributed by atoms with Gasteiger partial charge in [-0.15, -0.1) is 0 Å². The number of hydrogen-bond acceptors (Lipinski definition) is 3. The van der Waals surface area contributed by atoms with Crippen molar-refractivity contribution in [3.8, 4) is 0 Å². The molecule has 3 N–H and O–H groups in total. The SMILES string of the molecule is NNc1cc(Cl)cnc1Br. The summed E-state index contributed by atoms with van der Waals surface area (Å²) in [5.41, 5.74) is 3.12. The predicted molar refractivity (Wildman–Crippen MR) is 44.8 cm³/mol. The van der Waals surface area contributed by atoms with Crippen LogP contribution in [0, 0.1) is 0 Å². The van der Waals surface area contributed by atoms with Crippen molar-refractivity contribution >= 4 is 33.2 Å². The summed E-state index contributed by atoms with van der Waals surface area (Å²) in [5.74, 6) is 5.14. The molecular weight excluding hydrogens is 217 g/mol. The average Bonchev–Trinajstić information content (AvgIpc) is 1.94. The van der Waals surface area contributed by atoms with Crippen LogP contribution in [0.25, 0.3) is 0 Å². The second-order valence-corrected chi connectivity index (χ2v) is 2.82. The van der Waals surface area contributed by atoms with E-state index in [9.17, 15) is 0 Å². The van der Waals surface area contributed by atoms with E-state index in [1.807, 2.05) is 0 Å². The lowest BCUT2D eigenvalue weighted by Gasteiger charge is -2.00. The number of rotatable bonds is 1. The van der Waals surface area contributed by atoms with Gasteiger partial charge in [0.1, 0.15) is 4.60 Å². The predicted octanol–water partition coefficient (Wildman–Crippen LogP) is 1.78. The lowest BCUT2D eigenvalue weighted by atomic mass is 10.4. The van der Waals surface area contributed by atoms with Crippen LogP contribution in [0.15, 0.2) is 16.9 Å². The molecule has 0 radical (unpaired) electrons. The third-order valence-corrected chi connectivity index (χ3v) is 1.80. The number of hydrogen-bond donors (Lipinski definition) is 2. The molecule has 0 aliphatic rings. The molecule has 0 saturated carbocycles. The number of nitrogens with one attached hydrogen (secondary N) is 1. The number of hydrazine groups is 1. The second-order valence-electron chi connectivity index (χ2n) is 1.64. The lowest BCUT2D eigenvalue weighted by molar-refractivity contribution is 1.23. The molecule has 54 valence electrons. The molecule has 0 spiro atoms. The van der Waals surface area contributed by atoms with Crippen molar-refractivity contribution in [3.05, 3.63) is 21.9 Å². The van der Waals surface area contributed by atoms with Crippen molar-refractivity contribution in [3.63, 3.8) is 0 Å².